The average Bonchev–Trinajstić information content (AvgIpc) is 2.55. The van der Waals surface area contributed by atoms with E-state index in [2.05, 4.69) is 14.9 Å². The summed E-state index contributed by atoms with van der Waals surface area (Å²) in [6.45, 7) is 0. The molecule has 4 nitrogen and oxygen atoms in total. The molecule has 2 N–H and O–H groups in total. The molecule has 132 valence electrons. The molecule has 0 fully saturated rings. The molecule has 2 aromatic carbocycles. The molecule has 0 amide bonds. The van der Waals surface area contributed by atoms with Gasteiger partial charge in [0.1, 0.15) is 5.75 Å². The van der Waals surface area contributed by atoms with Crippen LogP contribution >= 0.6 is 23.4 Å². The van der Waals surface area contributed by atoms with Crippen LogP contribution < -0.4 is 10.5 Å². The highest BCUT2D eigenvalue weighted by Crippen LogP contribution is 2.30. The van der Waals surface area contributed by atoms with Gasteiger partial charge in [-0.3, -0.25) is 0 Å². The Bertz CT molecular complexity index is 767. The van der Waals surface area contributed by atoms with Crippen LogP contribution in [0.25, 0.3) is 0 Å². The number of nitrogens with zero attached hydrogens (tertiary/aromatic N) is 2. The van der Waals surface area contributed by atoms with Gasteiger partial charge in [-0.05, 0) is 29.3 Å². The van der Waals surface area contributed by atoms with Crippen LogP contribution in [-0.4, -0.2) is 17.7 Å². The van der Waals surface area contributed by atoms with E-state index in [1.54, 1.807) is 0 Å². The first kappa shape index (κ1) is 19.1. The zero-order valence-corrected chi connectivity index (χ0v) is 14.3. The van der Waals surface area contributed by atoms with Gasteiger partial charge < -0.3 is 10.5 Å². The topological polar surface area (TPSA) is 60.0 Å². The zero-order valence-electron chi connectivity index (χ0n) is 12.7. The molecule has 0 aliphatic heterocycles. The Morgan fingerprint density at radius 2 is 1.92 bits per heavy atom. The lowest BCUT2D eigenvalue weighted by molar-refractivity contribution is -0.274. The third kappa shape index (κ3) is 7.06. The molecule has 0 bridgehead atoms. The van der Waals surface area contributed by atoms with Crippen LogP contribution in [0.15, 0.2) is 58.7 Å². The number of alkyl halides is 3. The second kappa shape index (κ2) is 8.77. The Labute approximate surface area is 151 Å². The first-order valence-electron chi connectivity index (χ1n) is 6.92. The number of hydrogen-bond acceptors (Lipinski definition) is 4. The molecule has 2 aromatic rings. The molecule has 9 heteroatoms. The highest BCUT2D eigenvalue weighted by Gasteiger charge is 2.31. The second-order valence-corrected chi connectivity index (χ2v) is 6.10. The highest BCUT2D eigenvalue weighted by atomic mass is 35.5. The molecule has 0 heterocycles. The second-order valence-electron chi connectivity index (χ2n) is 4.69. The molecule has 0 aromatic heterocycles. The quantitative estimate of drug-likeness (QED) is 0.454. The molecule has 2 rings (SSSR count). The fourth-order valence-corrected chi connectivity index (χ4v) is 2.56. The molecular weight excluding hydrogens is 375 g/mol. The van der Waals surface area contributed by atoms with Crippen LogP contribution in [0.5, 0.6) is 5.75 Å². The molecule has 0 saturated heterocycles. The van der Waals surface area contributed by atoms with Crippen molar-refractivity contribution in [3.05, 3.63) is 64.7 Å². The van der Waals surface area contributed by atoms with Gasteiger partial charge in [-0.1, -0.05) is 53.7 Å². The van der Waals surface area contributed by atoms with Gasteiger partial charge in [0, 0.05) is 5.75 Å². The molecule has 0 aliphatic rings. The van der Waals surface area contributed by atoms with Crippen molar-refractivity contribution in [2.75, 3.05) is 0 Å². The van der Waals surface area contributed by atoms with E-state index in [0.29, 0.717) is 11.3 Å². The third-order valence-corrected chi connectivity index (χ3v) is 3.92. The number of nitrogens with two attached hydrogens (primary N) is 1. The number of amidine groups is 1. The fraction of sp³-hybridized carbons (Fsp3) is 0.125. The van der Waals surface area contributed by atoms with Gasteiger partial charge in [0.25, 0.3) is 0 Å². The summed E-state index contributed by atoms with van der Waals surface area (Å²) in [5, 5.41) is 7.70. The molecular formula is C16H13ClF3N3OS. The number of thioether (sulfide) groups is 1. The van der Waals surface area contributed by atoms with Gasteiger partial charge in [0.2, 0.25) is 0 Å². The van der Waals surface area contributed by atoms with E-state index in [-0.39, 0.29) is 10.2 Å². The van der Waals surface area contributed by atoms with Crippen molar-refractivity contribution in [3.63, 3.8) is 0 Å². The summed E-state index contributed by atoms with van der Waals surface area (Å²) in [6.07, 6.45) is -3.47. The standard InChI is InChI=1S/C16H13ClF3N3OS/c17-13-8-12(6-7-14(13)24-16(18,19)20)9-22-23-15(21)25-10-11-4-2-1-3-5-11/h1-9H,10H2,(H2,21,23). The summed E-state index contributed by atoms with van der Waals surface area (Å²) >= 11 is 7.06. The van der Waals surface area contributed by atoms with Crippen molar-refractivity contribution >= 4 is 34.7 Å². The van der Waals surface area contributed by atoms with E-state index in [1.165, 1.54) is 30.1 Å². The number of benzene rings is 2. The van der Waals surface area contributed by atoms with Crippen LogP contribution in [0.4, 0.5) is 13.2 Å². The minimum atomic E-state index is -4.80. The van der Waals surface area contributed by atoms with Gasteiger partial charge in [-0.15, -0.1) is 18.3 Å². The van der Waals surface area contributed by atoms with Crippen LogP contribution in [0.3, 0.4) is 0 Å². The lowest BCUT2D eigenvalue weighted by Gasteiger charge is -2.10. The van der Waals surface area contributed by atoms with Crippen molar-refractivity contribution in [3.8, 4) is 5.75 Å². The maximum Gasteiger partial charge on any atom is 0.573 e. The molecule has 0 radical (unpaired) electrons. The van der Waals surface area contributed by atoms with Gasteiger partial charge >= 0.3 is 6.36 Å². The molecule has 0 aliphatic carbocycles. The van der Waals surface area contributed by atoms with Gasteiger partial charge in [-0.2, -0.15) is 5.10 Å². The predicted molar refractivity (Wildman–Crippen MR) is 95.1 cm³/mol. The van der Waals surface area contributed by atoms with Crippen LogP contribution in [0, 0.1) is 0 Å². The van der Waals surface area contributed by atoms with Crippen molar-refractivity contribution in [1.29, 1.82) is 0 Å². The van der Waals surface area contributed by atoms with E-state index in [1.807, 2.05) is 30.3 Å². The van der Waals surface area contributed by atoms with E-state index in [9.17, 15) is 13.2 Å². The predicted octanol–water partition coefficient (Wildman–Crippen LogP) is 4.82. The van der Waals surface area contributed by atoms with E-state index >= 15 is 0 Å². The summed E-state index contributed by atoms with van der Waals surface area (Å²) in [6, 6.07) is 13.5. The first-order chi connectivity index (χ1) is 11.8. The molecule has 0 atom stereocenters. The van der Waals surface area contributed by atoms with Crippen molar-refractivity contribution < 1.29 is 17.9 Å². The lowest BCUT2D eigenvalue weighted by Crippen LogP contribution is -2.17. The maximum atomic E-state index is 12.2. The number of hydrogen-bond donors (Lipinski definition) is 1. The van der Waals surface area contributed by atoms with Gasteiger partial charge in [0.15, 0.2) is 5.17 Å². The summed E-state index contributed by atoms with van der Waals surface area (Å²) in [7, 11) is 0. The summed E-state index contributed by atoms with van der Waals surface area (Å²) in [5.74, 6) is 0.175. The van der Waals surface area contributed by atoms with E-state index in [4.69, 9.17) is 17.3 Å². The van der Waals surface area contributed by atoms with Gasteiger partial charge in [0.05, 0.1) is 11.2 Å². The van der Waals surface area contributed by atoms with Crippen molar-refractivity contribution in [1.82, 2.24) is 0 Å². The Kier molecular flexibility index (Phi) is 6.72. The molecule has 0 spiro atoms. The minimum Gasteiger partial charge on any atom is -0.404 e. The molecule has 0 unspecified atom stereocenters. The number of rotatable bonds is 5. The minimum absolute atomic E-state index is 0.184. The lowest BCUT2D eigenvalue weighted by atomic mass is 10.2. The smallest absolute Gasteiger partial charge is 0.404 e. The normalized spacial score (nSPS) is 12.6. The van der Waals surface area contributed by atoms with Crippen LogP contribution in [-0.2, 0) is 5.75 Å². The van der Waals surface area contributed by atoms with Crippen molar-refractivity contribution in [2.24, 2.45) is 15.9 Å². The number of halogens is 4. The fourth-order valence-electron chi connectivity index (χ4n) is 1.72. The first-order valence-corrected chi connectivity index (χ1v) is 8.28. The Balaban J connectivity index is 1.93. The van der Waals surface area contributed by atoms with E-state index < -0.39 is 12.1 Å². The Morgan fingerprint density at radius 1 is 1.20 bits per heavy atom. The summed E-state index contributed by atoms with van der Waals surface area (Å²) in [5.41, 5.74) is 7.30. The van der Waals surface area contributed by atoms with Crippen LogP contribution in [0.1, 0.15) is 11.1 Å². The Hall–Kier alpha value is -2.19. The molecule has 0 saturated carbocycles. The largest absolute Gasteiger partial charge is 0.573 e. The van der Waals surface area contributed by atoms with Gasteiger partial charge in [-0.25, -0.2) is 0 Å². The van der Waals surface area contributed by atoms with Crippen LogP contribution in [0.2, 0.25) is 5.02 Å². The summed E-state index contributed by atoms with van der Waals surface area (Å²) in [4.78, 5) is 0. The monoisotopic (exact) mass is 387 g/mol. The van der Waals surface area contributed by atoms with Crippen molar-refractivity contribution in [2.45, 2.75) is 12.1 Å². The van der Waals surface area contributed by atoms with E-state index in [0.717, 1.165) is 11.6 Å². The molecule has 25 heavy (non-hydrogen) atoms. The number of ether oxygens (including phenoxy) is 1. The highest BCUT2D eigenvalue weighted by molar-refractivity contribution is 8.13. The zero-order chi connectivity index (χ0) is 18.3. The third-order valence-electron chi connectivity index (χ3n) is 2.77. The SMILES string of the molecule is NC(=NN=Cc1ccc(OC(F)(F)F)c(Cl)c1)SCc1ccccc1. The maximum absolute atomic E-state index is 12.2. The Morgan fingerprint density at radius 3 is 2.56 bits per heavy atom. The summed E-state index contributed by atoms with van der Waals surface area (Å²) < 4.78 is 40.3. The average molecular weight is 388 g/mol.